The topological polar surface area (TPSA) is 58.1 Å². The third-order valence-corrected chi connectivity index (χ3v) is 4.59. The number of pyridine rings is 1. The number of nitrogens with zero attached hydrogens (tertiary/aromatic N) is 3. The summed E-state index contributed by atoms with van der Waals surface area (Å²) in [7, 11) is 2.12. The molecule has 0 saturated carbocycles. The maximum absolute atomic E-state index is 12.3. The number of hydrogen-bond acceptors (Lipinski definition) is 5. The molecular weight excluding hydrogens is 284 g/mol. The van der Waals surface area contributed by atoms with E-state index in [1.54, 1.807) is 12.4 Å². The summed E-state index contributed by atoms with van der Waals surface area (Å²) in [4.78, 5) is 24.0. The van der Waals surface area contributed by atoms with Gasteiger partial charge in [-0.05, 0) is 51.1 Å². The second-order valence-corrected chi connectivity index (χ2v) is 6.58. The molecule has 0 radical (unpaired) electrons. The van der Waals surface area contributed by atoms with Crippen LogP contribution in [0.4, 0.5) is 5.13 Å². The highest BCUT2D eigenvalue weighted by Gasteiger charge is 2.23. The minimum atomic E-state index is -0.202. The molecule has 1 saturated heterocycles. The lowest BCUT2D eigenvalue weighted by molar-refractivity contribution is 0.102. The fourth-order valence-corrected chi connectivity index (χ4v) is 3.34. The molecule has 1 N–H and O–H groups in total. The number of aromatic nitrogens is 2. The molecule has 1 fully saturated rings. The van der Waals surface area contributed by atoms with Crippen molar-refractivity contribution in [3.8, 4) is 0 Å². The molecule has 0 spiro atoms. The van der Waals surface area contributed by atoms with Crippen molar-refractivity contribution in [2.45, 2.75) is 25.8 Å². The Kier molecular flexibility index (Phi) is 3.98. The Morgan fingerprint density at radius 1 is 1.48 bits per heavy atom. The van der Waals surface area contributed by atoms with E-state index in [-0.39, 0.29) is 5.91 Å². The lowest BCUT2D eigenvalue weighted by atomic mass is 10.1. The summed E-state index contributed by atoms with van der Waals surface area (Å²) in [5.74, 6) is -0.202. The number of hydrogen-bond donors (Lipinski definition) is 1. The molecular formula is C15H18N4OS. The van der Waals surface area contributed by atoms with Crippen molar-refractivity contribution in [3.05, 3.63) is 40.7 Å². The van der Waals surface area contributed by atoms with Crippen molar-refractivity contribution in [2.24, 2.45) is 0 Å². The van der Waals surface area contributed by atoms with Crippen molar-refractivity contribution in [1.29, 1.82) is 0 Å². The molecule has 0 aromatic carbocycles. The first-order valence-electron chi connectivity index (χ1n) is 7.03. The van der Waals surface area contributed by atoms with Crippen LogP contribution in [0.25, 0.3) is 0 Å². The van der Waals surface area contributed by atoms with E-state index < -0.39 is 0 Å². The van der Waals surface area contributed by atoms with Gasteiger partial charge in [-0.2, -0.15) is 0 Å². The van der Waals surface area contributed by atoms with Gasteiger partial charge < -0.3 is 0 Å². The maximum Gasteiger partial charge on any atom is 0.276 e. The van der Waals surface area contributed by atoms with Gasteiger partial charge in [-0.25, -0.2) is 4.98 Å². The van der Waals surface area contributed by atoms with E-state index >= 15 is 0 Å². The molecule has 5 nitrogen and oxygen atoms in total. The second kappa shape index (κ2) is 5.91. The molecule has 6 heteroatoms. The zero-order valence-corrected chi connectivity index (χ0v) is 13.0. The average Bonchev–Trinajstić information content (AvgIpc) is 3.07. The van der Waals surface area contributed by atoms with Crippen molar-refractivity contribution in [3.63, 3.8) is 0 Å². The minimum absolute atomic E-state index is 0.202. The lowest BCUT2D eigenvalue weighted by Gasteiger charge is -2.19. The van der Waals surface area contributed by atoms with Crippen LogP contribution in [-0.4, -0.2) is 34.4 Å². The van der Waals surface area contributed by atoms with Gasteiger partial charge in [0, 0.05) is 23.3 Å². The van der Waals surface area contributed by atoms with Gasteiger partial charge in [0.2, 0.25) is 0 Å². The first-order chi connectivity index (χ1) is 10.1. The summed E-state index contributed by atoms with van der Waals surface area (Å²) < 4.78 is 0. The molecule has 0 aliphatic carbocycles. The normalized spacial score (nSPS) is 18.9. The van der Waals surface area contributed by atoms with E-state index in [2.05, 4.69) is 27.2 Å². The molecule has 2 aromatic heterocycles. The van der Waals surface area contributed by atoms with Crippen molar-refractivity contribution in [1.82, 2.24) is 14.9 Å². The third kappa shape index (κ3) is 3.11. The Morgan fingerprint density at radius 2 is 2.33 bits per heavy atom. The predicted octanol–water partition coefficient (Wildman–Crippen LogP) is 2.87. The van der Waals surface area contributed by atoms with Crippen LogP contribution in [0.3, 0.4) is 0 Å². The molecule has 1 aliphatic heterocycles. The number of anilines is 1. The van der Waals surface area contributed by atoms with Crippen molar-refractivity contribution < 1.29 is 4.79 Å². The quantitative estimate of drug-likeness (QED) is 0.947. The first-order valence-corrected chi connectivity index (χ1v) is 7.85. The number of nitrogens with one attached hydrogen (secondary N) is 1. The van der Waals surface area contributed by atoms with Crippen LogP contribution in [-0.2, 0) is 0 Å². The summed E-state index contributed by atoms with van der Waals surface area (Å²) >= 11 is 1.46. The first kappa shape index (κ1) is 14.2. The molecule has 1 amide bonds. The fourth-order valence-electron chi connectivity index (χ4n) is 2.68. The molecule has 1 atom stereocenters. The number of carbonyl (C=O) groups is 1. The van der Waals surface area contributed by atoms with Crippen LogP contribution >= 0.6 is 11.3 Å². The highest BCUT2D eigenvalue weighted by atomic mass is 32.1. The highest BCUT2D eigenvalue weighted by Crippen LogP contribution is 2.30. The van der Waals surface area contributed by atoms with Crippen LogP contribution in [0.2, 0.25) is 0 Å². The zero-order valence-electron chi connectivity index (χ0n) is 12.2. The van der Waals surface area contributed by atoms with Gasteiger partial charge in [0.1, 0.15) is 5.69 Å². The van der Waals surface area contributed by atoms with Crippen LogP contribution in [0.5, 0.6) is 0 Å². The largest absolute Gasteiger partial charge is 0.299 e. The molecule has 3 rings (SSSR count). The number of carbonyl (C=O) groups excluding carboxylic acids is 1. The predicted molar refractivity (Wildman–Crippen MR) is 83.6 cm³/mol. The number of likely N-dealkylation sites (tertiary alicyclic amines) is 1. The minimum Gasteiger partial charge on any atom is -0.299 e. The fraction of sp³-hybridized carbons (Fsp3) is 0.400. The number of amides is 1. The van der Waals surface area contributed by atoms with Gasteiger partial charge in [-0.15, -0.1) is 11.3 Å². The summed E-state index contributed by atoms with van der Waals surface area (Å²) in [6.07, 6.45) is 5.79. The van der Waals surface area contributed by atoms with E-state index in [9.17, 15) is 4.79 Å². The van der Waals surface area contributed by atoms with Gasteiger partial charge >= 0.3 is 0 Å². The maximum atomic E-state index is 12.3. The van der Waals surface area contributed by atoms with Crippen LogP contribution in [0.1, 0.15) is 39.8 Å². The zero-order chi connectivity index (χ0) is 14.8. The Hall–Kier alpha value is -1.79. The molecule has 3 heterocycles. The van der Waals surface area contributed by atoms with Crippen LogP contribution in [0.15, 0.2) is 24.5 Å². The monoisotopic (exact) mass is 302 g/mol. The van der Waals surface area contributed by atoms with E-state index in [1.807, 2.05) is 19.1 Å². The Bertz CT molecular complexity index is 655. The molecule has 2 aromatic rings. The number of thiazole rings is 1. The lowest BCUT2D eigenvalue weighted by Crippen LogP contribution is -2.19. The van der Waals surface area contributed by atoms with E-state index in [1.165, 1.54) is 17.8 Å². The van der Waals surface area contributed by atoms with E-state index in [4.69, 9.17) is 0 Å². The van der Waals surface area contributed by atoms with Crippen molar-refractivity contribution >= 4 is 22.4 Å². The number of aryl methyl sites for hydroxylation is 1. The highest BCUT2D eigenvalue weighted by molar-refractivity contribution is 7.15. The Morgan fingerprint density at radius 3 is 3.00 bits per heavy atom. The van der Waals surface area contributed by atoms with Crippen LogP contribution < -0.4 is 5.32 Å². The number of rotatable bonds is 3. The Balaban J connectivity index is 1.77. The molecule has 1 unspecified atom stereocenters. The van der Waals surface area contributed by atoms with E-state index in [0.29, 0.717) is 16.9 Å². The molecule has 110 valence electrons. The molecule has 1 aliphatic rings. The smallest absolute Gasteiger partial charge is 0.276 e. The summed E-state index contributed by atoms with van der Waals surface area (Å²) in [5, 5.41) is 3.41. The third-order valence-electron chi connectivity index (χ3n) is 3.76. The summed E-state index contributed by atoms with van der Waals surface area (Å²) in [6, 6.07) is 4.28. The Labute approximate surface area is 128 Å². The van der Waals surface area contributed by atoms with Gasteiger partial charge in [0.05, 0.1) is 0 Å². The SMILES string of the molecule is Cc1cnc(NC(=O)c2cc(C3CCCN3C)ccn2)s1. The molecule has 21 heavy (non-hydrogen) atoms. The molecule has 0 bridgehead atoms. The van der Waals surface area contributed by atoms with Gasteiger partial charge in [0.25, 0.3) is 5.91 Å². The standard InChI is InChI=1S/C15H18N4OS/c1-10-9-17-15(21-10)18-14(20)12-8-11(5-6-16-12)13-4-3-7-19(13)2/h5-6,8-9,13H,3-4,7H2,1-2H3,(H,17,18,20). The van der Waals surface area contributed by atoms with Gasteiger partial charge in [-0.3, -0.25) is 20.0 Å². The second-order valence-electron chi connectivity index (χ2n) is 5.34. The summed E-state index contributed by atoms with van der Waals surface area (Å²) in [5.41, 5.74) is 1.60. The summed E-state index contributed by atoms with van der Waals surface area (Å²) in [6.45, 7) is 3.06. The van der Waals surface area contributed by atoms with Gasteiger partial charge in [-0.1, -0.05) is 0 Å². The van der Waals surface area contributed by atoms with Gasteiger partial charge in [0.15, 0.2) is 5.13 Å². The van der Waals surface area contributed by atoms with Crippen molar-refractivity contribution in [2.75, 3.05) is 18.9 Å². The van der Waals surface area contributed by atoms with E-state index in [0.717, 1.165) is 23.4 Å². The average molecular weight is 302 g/mol. The van der Waals surface area contributed by atoms with Crippen LogP contribution in [0, 0.1) is 6.92 Å².